The number of carbonyl (C=O) groups is 2. The molecule has 2 atom stereocenters. The van der Waals surface area contributed by atoms with E-state index < -0.39 is 0 Å². The van der Waals surface area contributed by atoms with Crippen LogP contribution >= 0.6 is 0 Å². The van der Waals surface area contributed by atoms with Crippen molar-refractivity contribution in [2.75, 3.05) is 7.05 Å². The van der Waals surface area contributed by atoms with Crippen LogP contribution in [-0.4, -0.2) is 39.8 Å². The summed E-state index contributed by atoms with van der Waals surface area (Å²) < 4.78 is 0. The molecule has 0 spiro atoms. The van der Waals surface area contributed by atoms with Crippen LogP contribution in [-0.2, 0) is 4.79 Å². The Morgan fingerprint density at radius 1 is 1.17 bits per heavy atom. The standard InChI is InChI=1S/C19H19N3O2/c1-14-18(16-8-4-3-5-9-16)22(19(24)21(14)2)17(23)11-10-15-7-6-12-20-13-15/h3-14,18H,1-2H3/t14-,18-/m1/s1. The molecule has 24 heavy (non-hydrogen) atoms. The third-order valence-electron chi connectivity index (χ3n) is 4.34. The van der Waals surface area contributed by atoms with Gasteiger partial charge in [0.15, 0.2) is 0 Å². The quantitative estimate of drug-likeness (QED) is 0.816. The monoisotopic (exact) mass is 321 g/mol. The molecule has 0 N–H and O–H groups in total. The molecule has 122 valence electrons. The van der Waals surface area contributed by atoms with E-state index in [2.05, 4.69) is 4.98 Å². The first-order chi connectivity index (χ1) is 11.6. The van der Waals surface area contributed by atoms with E-state index in [-0.39, 0.29) is 24.0 Å². The Hall–Kier alpha value is -2.95. The van der Waals surface area contributed by atoms with Crippen molar-refractivity contribution in [3.8, 4) is 0 Å². The van der Waals surface area contributed by atoms with Crippen LogP contribution in [0.15, 0.2) is 60.9 Å². The largest absolute Gasteiger partial charge is 0.327 e. The van der Waals surface area contributed by atoms with E-state index in [9.17, 15) is 9.59 Å². The molecule has 1 aromatic carbocycles. The lowest BCUT2D eigenvalue weighted by Crippen LogP contribution is -2.35. The minimum Gasteiger partial charge on any atom is -0.322 e. The smallest absolute Gasteiger partial charge is 0.322 e. The van der Waals surface area contributed by atoms with E-state index in [0.29, 0.717) is 0 Å². The molecule has 1 fully saturated rings. The molecule has 0 saturated carbocycles. The summed E-state index contributed by atoms with van der Waals surface area (Å²) in [5.74, 6) is -0.325. The number of pyridine rings is 1. The van der Waals surface area contributed by atoms with Gasteiger partial charge in [-0.3, -0.25) is 14.7 Å². The third-order valence-corrected chi connectivity index (χ3v) is 4.34. The van der Waals surface area contributed by atoms with Gasteiger partial charge in [0.25, 0.3) is 5.91 Å². The van der Waals surface area contributed by atoms with Crippen LogP contribution in [0, 0.1) is 0 Å². The van der Waals surface area contributed by atoms with E-state index in [0.717, 1.165) is 11.1 Å². The lowest BCUT2D eigenvalue weighted by atomic mass is 10.0. The molecule has 5 heteroatoms. The zero-order valence-corrected chi connectivity index (χ0v) is 13.7. The molecule has 2 aromatic rings. The summed E-state index contributed by atoms with van der Waals surface area (Å²) in [4.78, 5) is 32.2. The van der Waals surface area contributed by atoms with Gasteiger partial charge in [-0.1, -0.05) is 36.4 Å². The van der Waals surface area contributed by atoms with E-state index in [1.165, 1.54) is 11.0 Å². The fraction of sp³-hybridized carbons (Fsp3) is 0.211. The van der Waals surface area contributed by atoms with E-state index in [4.69, 9.17) is 0 Å². The summed E-state index contributed by atoms with van der Waals surface area (Å²) in [6.07, 6.45) is 6.44. The highest BCUT2D eigenvalue weighted by molar-refractivity contribution is 6.04. The summed E-state index contributed by atoms with van der Waals surface area (Å²) in [5.41, 5.74) is 1.76. The molecule has 0 bridgehead atoms. The number of benzene rings is 1. The number of carbonyl (C=O) groups excluding carboxylic acids is 2. The number of hydrogen-bond acceptors (Lipinski definition) is 3. The molecular formula is C19H19N3O2. The highest BCUT2D eigenvalue weighted by Crippen LogP contribution is 2.34. The number of likely N-dealkylation sites (N-methyl/N-ethyl adjacent to an activating group) is 1. The van der Waals surface area contributed by atoms with Gasteiger partial charge in [0.05, 0.1) is 12.1 Å². The van der Waals surface area contributed by atoms with Crippen LogP contribution in [0.1, 0.15) is 24.1 Å². The Labute approximate surface area is 141 Å². The van der Waals surface area contributed by atoms with Gasteiger partial charge in [-0.25, -0.2) is 4.79 Å². The van der Waals surface area contributed by atoms with Gasteiger partial charge in [-0.15, -0.1) is 0 Å². The topological polar surface area (TPSA) is 53.5 Å². The predicted octanol–water partition coefficient (Wildman–Crippen LogP) is 3.12. The van der Waals surface area contributed by atoms with Gasteiger partial charge in [0, 0.05) is 25.5 Å². The second-order valence-electron chi connectivity index (χ2n) is 5.82. The summed E-state index contributed by atoms with van der Waals surface area (Å²) in [5, 5.41) is 0. The van der Waals surface area contributed by atoms with Crippen molar-refractivity contribution >= 4 is 18.0 Å². The number of nitrogens with zero attached hydrogens (tertiary/aromatic N) is 3. The average molecular weight is 321 g/mol. The van der Waals surface area contributed by atoms with Crippen LogP contribution in [0.2, 0.25) is 0 Å². The van der Waals surface area contributed by atoms with Gasteiger partial charge in [0.2, 0.25) is 0 Å². The van der Waals surface area contributed by atoms with Crippen molar-refractivity contribution in [2.24, 2.45) is 0 Å². The molecule has 3 amide bonds. The molecule has 1 aromatic heterocycles. The van der Waals surface area contributed by atoms with E-state index in [1.807, 2.05) is 43.3 Å². The van der Waals surface area contributed by atoms with E-state index >= 15 is 0 Å². The fourth-order valence-corrected chi connectivity index (χ4v) is 2.92. The maximum atomic E-state index is 12.7. The molecule has 0 unspecified atom stereocenters. The number of imide groups is 1. The van der Waals surface area contributed by atoms with Crippen molar-refractivity contribution in [3.05, 3.63) is 72.1 Å². The first-order valence-electron chi connectivity index (χ1n) is 7.82. The molecule has 0 radical (unpaired) electrons. The molecule has 2 heterocycles. The zero-order chi connectivity index (χ0) is 17.1. The minimum absolute atomic E-state index is 0.0874. The van der Waals surface area contributed by atoms with Crippen molar-refractivity contribution in [2.45, 2.75) is 19.0 Å². The highest BCUT2D eigenvalue weighted by Gasteiger charge is 2.44. The molecular weight excluding hydrogens is 302 g/mol. The van der Waals surface area contributed by atoms with Gasteiger partial charge >= 0.3 is 6.03 Å². The normalized spacial score (nSPS) is 20.8. The molecule has 5 nitrogen and oxygen atoms in total. The second kappa shape index (κ2) is 6.66. The Kier molecular flexibility index (Phi) is 4.42. The Morgan fingerprint density at radius 2 is 1.92 bits per heavy atom. The van der Waals surface area contributed by atoms with Crippen molar-refractivity contribution in [1.29, 1.82) is 0 Å². The third kappa shape index (κ3) is 2.93. The number of rotatable bonds is 3. The Bertz CT molecular complexity index is 759. The lowest BCUT2D eigenvalue weighted by molar-refractivity contribution is -0.124. The zero-order valence-electron chi connectivity index (χ0n) is 13.7. The number of amides is 3. The predicted molar refractivity (Wildman–Crippen MR) is 91.9 cm³/mol. The van der Waals surface area contributed by atoms with Crippen molar-refractivity contribution in [3.63, 3.8) is 0 Å². The second-order valence-corrected chi connectivity index (χ2v) is 5.82. The number of hydrogen-bond donors (Lipinski definition) is 0. The molecule has 0 aliphatic carbocycles. The SMILES string of the molecule is C[C@@H]1[C@H](c2ccccc2)N(C(=O)C=Cc2cccnc2)C(=O)N1C. The summed E-state index contributed by atoms with van der Waals surface area (Å²) >= 11 is 0. The number of urea groups is 1. The Morgan fingerprint density at radius 3 is 2.58 bits per heavy atom. The van der Waals surface area contributed by atoms with Crippen LogP contribution in [0.5, 0.6) is 0 Å². The molecule has 1 aliphatic heterocycles. The minimum atomic E-state index is -0.325. The molecule has 3 rings (SSSR count). The summed E-state index contributed by atoms with van der Waals surface area (Å²) in [6.45, 7) is 1.95. The molecule has 1 saturated heterocycles. The molecule has 1 aliphatic rings. The van der Waals surface area contributed by atoms with Gasteiger partial charge in [-0.05, 0) is 30.2 Å². The van der Waals surface area contributed by atoms with Crippen molar-refractivity contribution < 1.29 is 9.59 Å². The maximum Gasteiger partial charge on any atom is 0.327 e. The van der Waals surface area contributed by atoms with Gasteiger partial charge in [-0.2, -0.15) is 0 Å². The van der Waals surface area contributed by atoms with E-state index in [1.54, 1.807) is 36.5 Å². The maximum absolute atomic E-state index is 12.7. The summed E-state index contributed by atoms with van der Waals surface area (Å²) in [7, 11) is 1.72. The number of aromatic nitrogens is 1. The first kappa shape index (κ1) is 15.9. The van der Waals surface area contributed by atoms with Crippen LogP contribution in [0.25, 0.3) is 6.08 Å². The van der Waals surface area contributed by atoms with Crippen molar-refractivity contribution in [1.82, 2.24) is 14.8 Å². The average Bonchev–Trinajstić information content (AvgIpc) is 2.85. The fourth-order valence-electron chi connectivity index (χ4n) is 2.92. The van der Waals surface area contributed by atoms with Crippen LogP contribution in [0.3, 0.4) is 0 Å². The highest BCUT2D eigenvalue weighted by atomic mass is 16.2. The Balaban J connectivity index is 1.90. The van der Waals surface area contributed by atoms with Gasteiger partial charge in [0.1, 0.15) is 0 Å². The van der Waals surface area contributed by atoms with Crippen LogP contribution in [0.4, 0.5) is 4.79 Å². The first-order valence-corrected chi connectivity index (χ1v) is 7.82. The van der Waals surface area contributed by atoms with Gasteiger partial charge < -0.3 is 4.90 Å². The lowest BCUT2D eigenvalue weighted by Gasteiger charge is -2.23. The summed E-state index contributed by atoms with van der Waals surface area (Å²) in [6, 6.07) is 12.6. The van der Waals surface area contributed by atoms with Crippen LogP contribution < -0.4 is 0 Å².